The van der Waals surface area contributed by atoms with Gasteiger partial charge in [0.05, 0.1) is 7.11 Å². The molecular weight excluding hydrogens is 242 g/mol. The topological polar surface area (TPSA) is 115 Å². The number of hydroxylamine groups is 1. The predicted octanol–water partition coefficient (Wildman–Crippen LogP) is -1.54. The number of anilines is 2. The van der Waals surface area contributed by atoms with Gasteiger partial charge in [-0.25, -0.2) is 0 Å². The van der Waals surface area contributed by atoms with Crippen molar-refractivity contribution in [3.63, 3.8) is 0 Å². The van der Waals surface area contributed by atoms with Crippen molar-refractivity contribution in [1.82, 2.24) is 15.0 Å². The van der Waals surface area contributed by atoms with Gasteiger partial charge in [-0.2, -0.15) is 20.0 Å². The summed E-state index contributed by atoms with van der Waals surface area (Å²) in [6, 6.07) is 0. The van der Waals surface area contributed by atoms with Crippen molar-refractivity contribution in [3.8, 4) is 0 Å². The van der Waals surface area contributed by atoms with E-state index in [0.717, 1.165) is 9.96 Å². The minimum Gasteiger partial charge on any atom is -0.376 e. The van der Waals surface area contributed by atoms with Crippen molar-refractivity contribution in [2.24, 2.45) is 0 Å². The van der Waals surface area contributed by atoms with Gasteiger partial charge in [-0.3, -0.25) is 9.74 Å². The van der Waals surface area contributed by atoms with E-state index in [4.69, 9.17) is 20.2 Å². The van der Waals surface area contributed by atoms with Crippen LogP contribution in [0.3, 0.4) is 0 Å². The summed E-state index contributed by atoms with van der Waals surface area (Å²) in [5.41, 5.74) is 0. The first-order chi connectivity index (χ1) is 8.69. The van der Waals surface area contributed by atoms with Crippen LogP contribution in [-0.2, 0) is 11.3 Å². The van der Waals surface area contributed by atoms with Gasteiger partial charge in [0.1, 0.15) is 26.0 Å². The molecule has 0 atom stereocenters. The van der Waals surface area contributed by atoms with E-state index in [1.165, 1.54) is 7.11 Å². The summed E-state index contributed by atoms with van der Waals surface area (Å²) in [6.07, 6.45) is 0.538. The lowest BCUT2D eigenvalue weighted by Crippen LogP contribution is -2.30. The smallest absolute Gasteiger partial charge is 0.257 e. The van der Waals surface area contributed by atoms with E-state index in [1.807, 2.05) is 6.92 Å². The van der Waals surface area contributed by atoms with E-state index in [0.29, 0.717) is 12.2 Å². The van der Waals surface area contributed by atoms with Gasteiger partial charge in [0, 0.05) is 6.42 Å². The zero-order valence-corrected chi connectivity index (χ0v) is 10.3. The molecule has 0 radical (unpaired) electrons. The van der Waals surface area contributed by atoms with Crippen molar-refractivity contribution >= 4 is 11.9 Å². The van der Waals surface area contributed by atoms with Crippen molar-refractivity contribution in [3.05, 3.63) is 5.82 Å². The molecule has 0 aliphatic heterocycles. The van der Waals surface area contributed by atoms with Crippen LogP contribution in [0.15, 0.2) is 0 Å². The van der Waals surface area contributed by atoms with E-state index < -0.39 is 20.2 Å². The van der Waals surface area contributed by atoms with E-state index in [-0.39, 0.29) is 11.9 Å². The van der Waals surface area contributed by atoms with Gasteiger partial charge in [0.15, 0.2) is 0 Å². The average Bonchev–Trinajstić information content (AvgIpc) is 2.41. The SMILES string of the molecule is CCc1nc(N(CO)CO)nc(N(CO)OC)n1. The Morgan fingerprint density at radius 1 is 1.00 bits per heavy atom. The van der Waals surface area contributed by atoms with Crippen LogP contribution in [0.4, 0.5) is 11.9 Å². The molecule has 0 amide bonds. The number of hydrogen-bond acceptors (Lipinski definition) is 9. The number of rotatable bonds is 7. The maximum atomic E-state index is 9.08. The molecule has 9 heteroatoms. The molecule has 1 rings (SSSR count). The highest BCUT2D eigenvalue weighted by Crippen LogP contribution is 2.13. The van der Waals surface area contributed by atoms with E-state index in [9.17, 15) is 0 Å². The number of aliphatic hydroxyl groups is 3. The molecule has 9 nitrogen and oxygen atoms in total. The first-order valence-corrected chi connectivity index (χ1v) is 5.34. The van der Waals surface area contributed by atoms with Crippen LogP contribution in [0, 0.1) is 0 Å². The van der Waals surface area contributed by atoms with E-state index >= 15 is 0 Å². The Labute approximate surface area is 104 Å². The molecule has 1 aromatic rings. The van der Waals surface area contributed by atoms with Crippen LogP contribution in [0.1, 0.15) is 12.7 Å². The highest BCUT2D eigenvalue weighted by atomic mass is 16.7. The fourth-order valence-corrected chi connectivity index (χ4v) is 1.18. The van der Waals surface area contributed by atoms with Crippen molar-refractivity contribution in [2.45, 2.75) is 13.3 Å². The lowest BCUT2D eigenvalue weighted by molar-refractivity contribution is 0.0970. The van der Waals surface area contributed by atoms with Crippen molar-refractivity contribution in [1.29, 1.82) is 0 Å². The molecule has 0 aromatic carbocycles. The first-order valence-electron chi connectivity index (χ1n) is 5.34. The summed E-state index contributed by atoms with van der Waals surface area (Å²) >= 11 is 0. The van der Waals surface area contributed by atoms with Crippen molar-refractivity contribution in [2.75, 3.05) is 37.3 Å². The lowest BCUT2D eigenvalue weighted by Gasteiger charge is -2.21. The number of aryl methyl sites for hydroxylation is 1. The molecule has 0 saturated heterocycles. The zero-order chi connectivity index (χ0) is 13.5. The molecular formula is C9H17N5O4. The second kappa shape index (κ2) is 7.01. The highest BCUT2D eigenvalue weighted by Gasteiger charge is 2.15. The third-order valence-corrected chi connectivity index (χ3v) is 2.17. The maximum absolute atomic E-state index is 9.08. The quantitative estimate of drug-likeness (QED) is 0.395. The molecule has 18 heavy (non-hydrogen) atoms. The van der Waals surface area contributed by atoms with Gasteiger partial charge in [0.25, 0.3) is 5.95 Å². The third-order valence-electron chi connectivity index (χ3n) is 2.17. The van der Waals surface area contributed by atoms with E-state index in [2.05, 4.69) is 15.0 Å². The minimum absolute atomic E-state index is 0.105. The van der Waals surface area contributed by atoms with E-state index in [1.54, 1.807) is 0 Å². The maximum Gasteiger partial charge on any atom is 0.257 e. The van der Waals surface area contributed by atoms with Gasteiger partial charge < -0.3 is 15.3 Å². The van der Waals surface area contributed by atoms with Gasteiger partial charge in [-0.1, -0.05) is 6.92 Å². The average molecular weight is 259 g/mol. The van der Waals surface area contributed by atoms with Crippen LogP contribution in [0.25, 0.3) is 0 Å². The Morgan fingerprint density at radius 3 is 2.06 bits per heavy atom. The fourth-order valence-electron chi connectivity index (χ4n) is 1.18. The van der Waals surface area contributed by atoms with Crippen LogP contribution >= 0.6 is 0 Å². The molecule has 0 spiro atoms. The minimum atomic E-state index is -0.435. The van der Waals surface area contributed by atoms with Gasteiger partial charge >= 0.3 is 0 Å². The molecule has 0 saturated carbocycles. The Hall–Kier alpha value is -1.55. The lowest BCUT2D eigenvalue weighted by atomic mass is 10.4. The summed E-state index contributed by atoms with van der Waals surface area (Å²) in [4.78, 5) is 18.1. The standard InChI is InChI=1S/C9H17N5O4/c1-3-7-10-8(13(4-15)5-16)12-9(11-7)14(6-17)18-2/h15-17H,3-6H2,1-2H3. The monoisotopic (exact) mass is 259 g/mol. The van der Waals surface area contributed by atoms with Crippen LogP contribution in [-0.4, -0.2) is 57.6 Å². The molecule has 102 valence electrons. The highest BCUT2D eigenvalue weighted by molar-refractivity contribution is 5.36. The van der Waals surface area contributed by atoms with Crippen molar-refractivity contribution < 1.29 is 20.2 Å². The second-order valence-electron chi connectivity index (χ2n) is 3.23. The van der Waals surface area contributed by atoms with Gasteiger partial charge in [0.2, 0.25) is 5.95 Å². The Bertz CT molecular complexity index is 340. The fraction of sp³-hybridized carbons (Fsp3) is 0.667. The molecule has 0 bridgehead atoms. The summed E-state index contributed by atoms with van der Waals surface area (Å²) in [5, 5.41) is 28.2. The summed E-state index contributed by atoms with van der Waals surface area (Å²) in [6.45, 7) is 0.549. The summed E-state index contributed by atoms with van der Waals surface area (Å²) < 4.78 is 0. The second-order valence-corrected chi connectivity index (χ2v) is 3.23. The number of nitrogens with zero attached hydrogens (tertiary/aromatic N) is 5. The Kier molecular flexibility index (Phi) is 5.65. The Morgan fingerprint density at radius 2 is 1.61 bits per heavy atom. The first kappa shape index (κ1) is 14.5. The third kappa shape index (κ3) is 3.23. The molecule has 1 aromatic heterocycles. The molecule has 0 aliphatic carbocycles. The molecule has 0 unspecified atom stereocenters. The van der Waals surface area contributed by atoms with Crippen LogP contribution in [0.2, 0.25) is 0 Å². The molecule has 0 fully saturated rings. The van der Waals surface area contributed by atoms with Crippen LogP contribution in [0.5, 0.6) is 0 Å². The normalized spacial score (nSPS) is 10.5. The summed E-state index contributed by atoms with van der Waals surface area (Å²) in [7, 11) is 1.36. The number of aliphatic hydroxyl groups excluding tert-OH is 3. The molecule has 3 N–H and O–H groups in total. The summed E-state index contributed by atoms with van der Waals surface area (Å²) in [5.74, 6) is 0.670. The Balaban J connectivity index is 3.15. The number of hydrogen-bond donors (Lipinski definition) is 3. The van der Waals surface area contributed by atoms with Gasteiger partial charge in [-0.15, -0.1) is 0 Å². The van der Waals surface area contributed by atoms with Crippen LogP contribution < -0.4 is 9.96 Å². The molecule has 1 heterocycles. The molecule has 0 aliphatic rings. The predicted molar refractivity (Wildman–Crippen MR) is 62.4 cm³/mol. The zero-order valence-electron chi connectivity index (χ0n) is 10.3. The largest absolute Gasteiger partial charge is 0.376 e. The van der Waals surface area contributed by atoms with Gasteiger partial charge in [-0.05, 0) is 0 Å². The number of aromatic nitrogens is 3.